The molecule has 0 aliphatic heterocycles. The zero-order valence-corrected chi connectivity index (χ0v) is 9.77. The monoisotopic (exact) mass is 235 g/mol. The number of hydrogen-bond donors (Lipinski definition) is 1. The highest BCUT2D eigenvalue weighted by Crippen LogP contribution is 2.21. The molecule has 0 amide bonds. The van der Waals surface area contributed by atoms with Crippen molar-refractivity contribution in [3.8, 4) is 5.75 Å². The summed E-state index contributed by atoms with van der Waals surface area (Å²) in [7, 11) is 1.44. The van der Waals surface area contributed by atoms with Crippen molar-refractivity contribution in [2.24, 2.45) is 0 Å². The van der Waals surface area contributed by atoms with E-state index in [4.69, 9.17) is 10.5 Å². The van der Waals surface area contributed by atoms with E-state index in [-0.39, 0.29) is 11.6 Å². The summed E-state index contributed by atoms with van der Waals surface area (Å²) >= 11 is 0. The summed E-state index contributed by atoms with van der Waals surface area (Å²) in [6.45, 7) is 2.20. The molecule has 1 aromatic carbocycles. The fraction of sp³-hybridized carbons (Fsp3) is 0.250. The summed E-state index contributed by atoms with van der Waals surface area (Å²) in [5.74, 6) is 0.342. The van der Waals surface area contributed by atoms with E-state index in [1.807, 2.05) is 6.92 Å². The molecular weight excluding hydrogens is 221 g/mol. The van der Waals surface area contributed by atoms with E-state index in [1.54, 1.807) is 29.1 Å². The second-order valence-corrected chi connectivity index (χ2v) is 3.83. The number of nitrogens with zero attached hydrogens (tertiary/aromatic N) is 2. The third-order valence-electron chi connectivity index (χ3n) is 2.58. The predicted molar refractivity (Wildman–Crippen MR) is 63.4 cm³/mol. The van der Waals surface area contributed by atoms with E-state index >= 15 is 0 Å². The molecule has 0 radical (unpaired) electrons. The molecular formula is C12H14FN3O. The lowest BCUT2D eigenvalue weighted by atomic mass is 10.2. The van der Waals surface area contributed by atoms with Gasteiger partial charge in [-0.05, 0) is 13.0 Å². The Balaban J connectivity index is 2.30. The molecule has 4 nitrogen and oxygen atoms in total. The van der Waals surface area contributed by atoms with Crippen LogP contribution in [0.5, 0.6) is 5.75 Å². The van der Waals surface area contributed by atoms with Gasteiger partial charge >= 0.3 is 0 Å². The van der Waals surface area contributed by atoms with Gasteiger partial charge in [-0.25, -0.2) is 4.39 Å². The first-order chi connectivity index (χ1) is 8.11. The van der Waals surface area contributed by atoms with E-state index in [9.17, 15) is 4.39 Å². The van der Waals surface area contributed by atoms with Crippen molar-refractivity contribution >= 4 is 5.82 Å². The number of benzene rings is 1. The van der Waals surface area contributed by atoms with E-state index < -0.39 is 0 Å². The first-order valence-corrected chi connectivity index (χ1v) is 5.22. The molecule has 90 valence electrons. The van der Waals surface area contributed by atoms with Crippen molar-refractivity contribution in [3.63, 3.8) is 0 Å². The third-order valence-corrected chi connectivity index (χ3v) is 2.58. The molecule has 0 aliphatic rings. The molecule has 5 heteroatoms. The Kier molecular flexibility index (Phi) is 2.99. The number of nitrogen functional groups attached to an aromatic ring is 1. The van der Waals surface area contributed by atoms with E-state index in [0.29, 0.717) is 17.9 Å². The summed E-state index contributed by atoms with van der Waals surface area (Å²) in [5.41, 5.74) is 7.04. The molecule has 0 atom stereocenters. The van der Waals surface area contributed by atoms with Gasteiger partial charge in [0.1, 0.15) is 5.82 Å². The second kappa shape index (κ2) is 4.45. The first-order valence-electron chi connectivity index (χ1n) is 5.22. The molecule has 0 unspecified atom stereocenters. The van der Waals surface area contributed by atoms with Crippen molar-refractivity contribution in [3.05, 3.63) is 41.3 Å². The van der Waals surface area contributed by atoms with Crippen LogP contribution in [0.2, 0.25) is 0 Å². The summed E-state index contributed by atoms with van der Waals surface area (Å²) < 4.78 is 20.4. The molecule has 0 bridgehead atoms. The first kappa shape index (κ1) is 11.4. The quantitative estimate of drug-likeness (QED) is 0.884. The van der Waals surface area contributed by atoms with Gasteiger partial charge in [0.05, 0.1) is 13.7 Å². The van der Waals surface area contributed by atoms with Gasteiger partial charge in [-0.3, -0.25) is 4.68 Å². The van der Waals surface area contributed by atoms with Gasteiger partial charge in [-0.2, -0.15) is 5.10 Å². The minimum Gasteiger partial charge on any atom is -0.494 e. The molecule has 0 saturated carbocycles. The topological polar surface area (TPSA) is 53.1 Å². The SMILES string of the molecule is COc1cccc(Cn2cc(C)c(N)n2)c1F. The van der Waals surface area contributed by atoms with Crippen LogP contribution < -0.4 is 10.5 Å². The Bertz CT molecular complexity index is 517. The van der Waals surface area contributed by atoms with Crippen LogP contribution in [0.15, 0.2) is 24.4 Å². The number of hydrogen-bond acceptors (Lipinski definition) is 3. The molecule has 17 heavy (non-hydrogen) atoms. The lowest BCUT2D eigenvalue weighted by Gasteiger charge is -2.07. The molecule has 0 saturated heterocycles. The fourth-order valence-corrected chi connectivity index (χ4v) is 1.63. The predicted octanol–water partition coefficient (Wildman–Crippen LogP) is 1.97. The Morgan fingerprint density at radius 1 is 1.47 bits per heavy atom. The van der Waals surface area contributed by atoms with Crippen LogP contribution in [0.3, 0.4) is 0 Å². The maximum atomic E-state index is 13.9. The Hall–Kier alpha value is -2.04. The van der Waals surface area contributed by atoms with Gasteiger partial charge in [0.25, 0.3) is 0 Å². The largest absolute Gasteiger partial charge is 0.494 e. The highest BCUT2D eigenvalue weighted by atomic mass is 19.1. The third kappa shape index (κ3) is 2.22. The summed E-state index contributed by atoms with van der Waals surface area (Å²) in [5, 5.41) is 4.09. The Morgan fingerprint density at radius 2 is 2.24 bits per heavy atom. The van der Waals surface area contributed by atoms with Crippen molar-refractivity contribution in [1.82, 2.24) is 9.78 Å². The lowest BCUT2D eigenvalue weighted by molar-refractivity contribution is 0.383. The summed E-state index contributed by atoms with van der Waals surface area (Å²) in [6.07, 6.45) is 1.79. The van der Waals surface area contributed by atoms with E-state index in [2.05, 4.69) is 5.10 Å². The van der Waals surface area contributed by atoms with Gasteiger partial charge in [0.2, 0.25) is 0 Å². The average Bonchev–Trinajstić information content (AvgIpc) is 2.61. The van der Waals surface area contributed by atoms with Crippen molar-refractivity contribution < 1.29 is 9.13 Å². The zero-order chi connectivity index (χ0) is 12.4. The highest BCUT2D eigenvalue weighted by Gasteiger charge is 2.09. The molecule has 1 heterocycles. The zero-order valence-electron chi connectivity index (χ0n) is 9.77. The molecule has 0 aliphatic carbocycles. The molecule has 0 spiro atoms. The smallest absolute Gasteiger partial charge is 0.170 e. The standard InChI is InChI=1S/C12H14FN3O/c1-8-6-16(15-12(8)14)7-9-4-3-5-10(17-2)11(9)13/h3-6H,7H2,1-2H3,(H2,14,15). The normalized spacial score (nSPS) is 10.5. The molecule has 0 fully saturated rings. The number of aromatic nitrogens is 2. The lowest BCUT2D eigenvalue weighted by Crippen LogP contribution is -2.04. The van der Waals surface area contributed by atoms with Gasteiger partial charge in [0, 0.05) is 17.3 Å². The van der Waals surface area contributed by atoms with Crippen LogP contribution in [0, 0.1) is 12.7 Å². The summed E-state index contributed by atoms with van der Waals surface area (Å²) in [6, 6.07) is 5.03. The Morgan fingerprint density at radius 3 is 2.82 bits per heavy atom. The maximum absolute atomic E-state index is 13.9. The van der Waals surface area contributed by atoms with Gasteiger partial charge in [0.15, 0.2) is 11.6 Å². The van der Waals surface area contributed by atoms with Crippen molar-refractivity contribution in [2.45, 2.75) is 13.5 Å². The second-order valence-electron chi connectivity index (χ2n) is 3.83. The van der Waals surface area contributed by atoms with Crippen molar-refractivity contribution in [2.75, 3.05) is 12.8 Å². The van der Waals surface area contributed by atoms with Crippen LogP contribution in [0.25, 0.3) is 0 Å². The number of methoxy groups -OCH3 is 1. The highest BCUT2D eigenvalue weighted by molar-refractivity contribution is 5.36. The number of rotatable bonds is 3. The molecule has 2 aromatic rings. The Labute approximate surface area is 98.8 Å². The van der Waals surface area contributed by atoms with E-state index in [1.165, 1.54) is 7.11 Å². The number of anilines is 1. The van der Waals surface area contributed by atoms with Gasteiger partial charge in [-0.15, -0.1) is 0 Å². The number of halogens is 1. The van der Waals surface area contributed by atoms with Crippen LogP contribution in [0.4, 0.5) is 10.2 Å². The van der Waals surface area contributed by atoms with Crippen molar-refractivity contribution in [1.29, 1.82) is 0 Å². The van der Waals surface area contributed by atoms with Crippen LogP contribution >= 0.6 is 0 Å². The average molecular weight is 235 g/mol. The van der Waals surface area contributed by atoms with E-state index in [0.717, 1.165) is 5.56 Å². The minimum atomic E-state index is -0.360. The van der Waals surface area contributed by atoms with Crippen LogP contribution in [0.1, 0.15) is 11.1 Å². The van der Waals surface area contributed by atoms with Crippen LogP contribution in [-0.2, 0) is 6.54 Å². The number of aryl methyl sites for hydroxylation is 1. The number of nitrogens with two attached hydrogens (primary N) is 1. The maximum Gasteiger partial charge on any atom is 0.170 e. The molecule has 2 rings (SSSR count). The van der Waals surface area contributed by atoms with Crippen LogP contribution in [-0.4, -0.2) is 16.9 Å². The van der Waals surface area contributed by atoms with Gasteiger partial charge in [-0.1, -0.05) is 12.1 Å². The van der Waals surface area contributed by atoms with Gasteiger partial charge < -0.3 is 10.5 Å². The minimum absolute atomic E-state index is 0.236. The summed E-state index contributed by atoms with van der Waals surface area (Å²) in [4.78, 5) is 0. The number of ether oxygens (including phenoxy) is 1. The molecule has 1 aromatic heterocycles. The fourth-order valence-electron chi connectivity index (χ4n) is 1.63. The molecule has 2 N–H and O–H groups in total.